The van der Waals surface area contributed by atoms with Gasteiger partial charge < -0.3 is 9.84 Å². The van der Waals surface area contributed by atoms with Gasteiger partial charge in [-0.05, 0) is 29.5 Å². The lowest BCUT2D eigenvalue weighted by atomic mass is 10.1. The zero-order valence-corrected chi connectivity index (χ0v) is 12.5. The van der Waals surface area contributed by atoms with E-state index in [1.54, 1.807) is 0 Å². The number of thioether (sulfide) groups is 1. The molecule has 0 atom stereocenters. The standard InChI is InChI=1S/C13H10N2O7S/c1-22-9-3-2-7(4-8(9)15(20)21)5-10-12(18)14(6-11(16)17)13(19)23-10/h2-5H,6H2,1H3,(H,16,17)/b10-5+. The summed E-state index contributed by atoms with van der Waals surface area (Å²) in [4.78, 5) is 45.2. The molecule has 1 aliphatic rings. The largest absolute Gasteiger partial charge is 0.490 e. The minimum Gasteiger partial charge on any atom is -0.490 e. The summed E-state index contributed by atoms with van der Waals surface area (Å²) in [6.07, 6.45) is 1.29. The highest BCUT2D eigenvalue weighted by atomic mass is 32.2. The summed E-state index contributed by atoms with van der Waals surface area (Å²) in [6, 6.07) is 4.05. The first-order valence-corrected chi connectivity index (χ1v) is 6.94. The molecule has 0 aromatic heterocycles. The predicted molar refractivity (Wildman–Crippen MR) is 80.0 cm³/mol. The molecule has 1 fully saturated rings. The van der Waals surface area contributed by atoms with Crippen LogP contribution in [0.25, 0.3) is 6.08 Å². The molecule has 1 N–H and O–H groups in total. The number of rotatable bonds is 5. The third-order valence-electron chi connectivity index (χ3n) is 2.86. The van der Waals surface area contributed by atoms with Gasteiger partial charge in [-0.3, -0.25) is 29.4 Å². The van der Waals surface area contributed by atoms with Gasteiger partial charge in [-0.15, -0.1) is 0 Å². The van der Waals surface area contributed by atoms with Gasteiger partial charge in [0.05, 0.1) is 16.9 Å². The quantitative estimate of drug-likeness (QED) is 0.488. The van der Waals surface area contributed by atoms with Crippen molar-refractivity contribution in [3.8, 4) is 5.75 Å². The Hall–Kier alpha value is -2.88. The summed E-state index contributed by atoms with van der Waals surface area (Å²) in [5.74, 6) is -2.00. The minimum atomic E-state index is -1.31. The molecule has 1 aromatic rings. The van der Waals surface area contributed by atoms with Crippen molar-refractivity contribution in [2.24, 2.45) is 0 Å². The minimum absolute atomic E-state index is 0.00397. The highest BCUT2D eigenvalue weighted by Crippen LogP contribution is 2.34. The Bertz CT molecular complexity index is 744. The van der Waals surface area contributed by atoms with Crippen LogP contribution in [0.15, 0.2) is 23.1 Å². The van der Waals surface area contributed by atoms with Gasteiger partial charge in [0.15, 0.2) is 5.75 Å². The molecule has 2 amide bonds. The van der Waals surface area contributed by atoms with E-state index < -0.39 is 28.6 Å². The van der Waals surface area contributed by atoms with Crippen LogP contribution in [0.4, 0.5) is 10.5 Å². The van der Waals surface area contributed by atoms with Gasteiger partial charge in [0.1, 0.15) is 6.54 Å². The summed E-state index contributed by atoms with van der Waals surface area (Å²) in [5.41, 5.74) is 0.0318. The molecule has 120 valence electrons. The number of aliphatic carboxylic acids is 1. The molecule has 23 heavy (non-hydrogen) atoms. The number of ether oxygens (including phenoxy) is 1. The van der Waals surface area contributed by atoms with Crippen LogP contribution in [0.5, 0.6) is 5.75 Å². The predicted octanol–water partition coefficient (Wildman–Crippen LogP) is 1.72. The molecule has 0 unspecified atom stereocenters. The average Bonchev–Trinajstić information content (AvgIpc) is 2.74. The van der Waals surface area contributed by atoms with Crippen LogP contribution in [-0.2, 0) is 9.59 Å². The highest BCUT2D eigenvalue weighted by Gasteiger charge is 2.36. The number of hydrogen-bond donors (Lipinski definition) is 1. The van der Waals surface area contributed by atoms with E-state index in [4.69, 9.17) is 9.84 Å². The van der Waals surface area contributed by atoms with Crippen molar-refractivity contribution in [1.29, 1.82) is 0 Å². The van der Waals surface area contributed by atoms with Gasteiger partial charge in [0.2, 0.25) is 0 Å². The Morgan fingerprint density at radius 1 is 1.48 bits per heavy atom. The van der Waals surface area contributed by atoms with Crippen molar-refractivity contribution in [3.63, 3.8) is 0 Å². The number of nitrogens with zero attached hydrogens (tertiary/aromatic N) is 2. The Morgan fingerprint density at radius 2 is 2.17 bits per heavy atom. The van der Waals surface area contributed by atoms with Gasteiger partial charge in [0.25, 0.3) is 11.1 Å². The molecule has 2 rings (SSSR count). The fraction of sp³-hybridized carbons (Fsp3) is 0.154. The van der Waals surface area contributed by atoms with Crippen LogP contribution in [0, 0.1) is 10.1 Å². The number of benzene rings is 1. The van der Waals surface area contributed by atoms with Crippen molar-refractivity contribution in [2.45, 2.75) is 0 Å². The van der Waals surface area contributed by atoms with Gasteiger partial charge in [-0.2, -0.15) is 0 Å². The molecule has 1 aromatic carbocycles. The number of methoxy groups -OCH3 is 1. The smallest absolute Gasteiger partial charge is 0.323 e. The third-order valence-corrected chi connectivity index (χ3v) is 3.77. The van der Waals surface area contributed by atoms with Gasteiger partial charge in [-0.25, -0.2) is 0 Å². The summed E-state index contributed by atoms with van der Waals surface area (Å²) >= 11 is 0.577. The van der Waals surface area contributed by atoms with Gasteiger partial charge >= 0.3 is 11.7 Å². The van der Waals surface area contributed by atoms with Crippen LogP contribution in [0.2, 0.25) is 0 Å². The number of imide groups is 1. The lowest BCUT2D eigenvalue weighted by Crippen LogP contribution is -2.33. The normalized spacial score (nSPS) is 16.0. The van der Waals surface area contributed by atoms with Gasteiger partial charge in [-0.1, -0.05) is 6.07 Å². The molecule has 1 aliphatic heterocycles. The first-order valence-electron chi connectivity index (χ1n) is 6.13. The molecular formula is C13H10N2O7S. The van der Waals surface area contributed by atoms with Crippen LogP contribution >= 0.6 is 11.8 Å². The van der Waals surface area contributed by atoms with E-state index in [0.29, 0.717) is 22.2 Å². The molecule has 0 bridgehead atoms. The number of amides is 2. The Morgan fingerprint density at radius 3 is 2.74 bits per heavy atom. The third kappa shape index (κ3) is 3.48. The molecule has 10 heteroatoms. The molecule has 9 nitrogen and oxygen atoms in total. The Labute approximate surface area is 133 Å². The van der Waals surface area contributed by atoms with Crippen LogP contribution < -0.4 is 4.74 Å². The molecule has 0 aliphatic carbocycles. The first-order chi connectivity index (χ1) is 10.8. The number of carbonyl (C=O) groups is 3. The van der Waals surface area contributed by atoms with E-state index in [1.807, 2.05) is 0 Å². The number of nitro benzene ring substituents is 1. The SMILES string of the molecule is COc1ccc(/C=C2/SC(=O)N(CC(=O)O)C2=O)cc1[N+](=O)[O-]. The monoisotopic (exact) mass is 338 g/mol. The lowest BCUT2D eigenvalue weighted by molar-refractivity contribution is -0.385. The van der Waals surface area contributed by atoms with Crippen molar-refractivity contribution >= 4 is 40.6 Å². The molecule has 0 spiro atoms. The molecule has 0 radical (unpaired) electrons. The second-order valence-electron chi connectivity index (χ2n) is 4.35. The van der Waals surface area contributed by atoms with Crippen LogP contribution in [0.3, 0.4) is 0 Å². The summed E-state index contributed by atoms with van der Waals surface area (Å²) < 4.78 is 4.87. The van der Waals surface area contributed by atoms with E-state index in [2.05, 4.69) is 0 Å². The molecular weight excluding hydrogens is 328 g/mol. The second-order valence-corrected chi connectivity index (χ2v) is 5.34. The lowest BCUT2D eigenvalue weighted by Gasteiger charge is -2.07. The highest BCUT2D eigenvalue weighted by molar-refractivity contribution is 8.18. The zero-order valence-electron chi connectivity index (χ0n) is 11.7. The zero-order chi connectivity index (χ0) is 17.1. The van der Waals surface area contributed by atoms with Gasteiger partial charge in [0, 0.05) is 6.07 Å². The van der Waals surface area contributed by atoms with E-state index in [-0.39, 0.29) is 16.3 Å². The molecule has 1 saturated heterocycles. The summed E-state index contributed by atoms with van der Waals surface area (Å²) in [5, 5.41) is 18.9. The number of carbonyl (C=O) groups excluding carboxylic acids is 2. The van der Waals surface area contributed by atoms with E-state index in [9.17, 15) is 24.5 Å². The van der Waals surface area contributed by atoms with E-state index in [0.717, 1.165) is 0 Å². The molecule has 1 heterocycles. The van der Waals surface area contributed by atoms with E-state index in [1.165, 1.54) is 31.4 Å². The summed E-state index contributed by atoms with van der Waals surface area (Å²) in [6.45, 7) is -0.731. The number of hydrogen-bond acceptors (Lipinski definition) is 7. The summed E-state index contributed by atoms with van der Waals surface area (Å²) in [7, 11) is 1.29. The van der Waals surface area contributed by atoms with Crippen molar-refractivity contribution in [3.05, 3.63) is 38.8 Å². The van der Waals surface area contributed by atoms with Crippen molar-refractivity contribution in [1.82, 2.24) is 4.90 Å². The Balaban J connectivity index is 2.34. The first kappa shape index (κ1) is 16.5. The number of carboxylic acids is 1. The fourth-order valence-electron chi connectivity index (χ4n) is 1.86. The maximum atomic E-state index is 12.0. The molecule has 0 saturated carbocycles. The fourth-order valence-corrected chi connectivity index (χ4v) is 2.70. The van der Waals surface area contributed by atoms with E-state index >= 15 is 0 Å². The number of carboxylic acid groups (broad SMARTS) is 1. The second kappa shape index (κ2) is 6.48. The maximum absolute atomic E-state index is 12.0. The van der Waals surface area contributed by atoms with Crippen LogP contribution in [0.1, 0.15) is 5.56 Å². The number of nitro groups is 1. The topological polar surface area (TPSA) is 127 Å². The average molecular weight is 338 g/mol. The van der Waals surface area contributed by atoms with Crippen LogP contribution in [-0.4, -0.2) is 45.7 Å². The maximum Gasteiger partial charge on any atom is 0.323 e. The van der Waals surface area contributed by atoms with Crippen molar-refractivity contribution < 1.29 is 29.2 Å². The van der Waals surface area contributed by atoms with Crippen molar-refractivity contribution in [2.75, 3.05) is 13.7 Å². The Kier molecular flexibility index (Phi) is 4.65.